The van der Waals surface area contributed by atoms with Gasteiger partial charge in [0.05, 0.1) is 16.7 Å². The molecule has 2 amide bonds. The Bertz CT molecular complexity index is 1570. The van der Waals surface area contributed by atoms with Crippen molar-refractivity contribution in [2.24, 2.45) is 0 Å². The Morgan fingerprint density at radius 2 is 1.16 bits per heavy atom. The van der Waals surface area contributed by atoms with Crippen molar-refractivity contribution in [3.05, 3.63) is 173 Å². The van der Waals surface area contributed by atoms with E-state index in [9.17, 15) is 9.59 Å². The summed E-state index contributed by atoms with van der Waals surface area (Å²) in [6.45, 7) is 2.65. The second-order valence-electron chi connectivity index (χ2n) is 11.5. The predicted octanol–water partition coefficient (Wildman–Crippen LogP) is 7.21. The number of aromatic nitrogens is 1. The molecule has 0 saturated heterocycles. The molecule has 1 aromatic heterocycles. The average Bonchev–Trinajstić information content (AvgIpc) is 3.33. The molecule has 1 aliphatic rings. The van der Waals surface area contributed by atoms with Crippen molar-refractivity contribution in [1.29, 1.82) is 0 Å². The van der Waals surface area contributed by atoms with Gasteiger partial charge in [-0.25, -0.2) is 0 Å². The average molecular weight is 580 g/mol. The highest BCUT2D eigenvalue weighted by atomic mass is 16.2. The zero-order valence-corrected chi connectivity index (χ0v) is 25.0. The second kappa shape index (κ2) is 13.2. The lowest BCUT2D eigenvalue weighted by Crippen LogP contribution is -2.49. The van der Waals surface area contributed by atoms with Crippen molar-refractivity contribution in [3.63, 3.8) is 0 Å². The Balaban J connectivity index is 1.10. The summed E-state index contributed by atoms with van der Waals surface area (Å²) in [5, 5.41) is 4.05. The van der Waals surface area contributed by atoms with Crippen molar-refractivity contribution in [3.8, 4) is 0 Å². The summed E-state index contributed by atoms with van der Waals surface area (Å²) in [6.07, 6.45) is 5.18. The van der Waals surface area contributed by atoms with E-state index in [4.69, 9.17) is 4.98 Å². The maximum Gasteiger partial charge on any atom is 0.261 e. The number of hydrogen-bond donors (Lipinski definition) is 1. The number of pyridine rings is 1. The molecule has 0 radical (unpaired) electrons. The molecule has 0 spiro atoms. The van der Waals surface area contributed by atoms with E-state index in [1.807, 2.05) is 6.20 Å². The minimum Gasteiger partial charge on any atom is -0.297 e. The molecule has 0 bridgehead atoms. The van der Waals surface area contributed by atoms with Gasteiger partial charge in [0.2, 0.25) is 0 Å². The van der Waals surface area contributed by atoms with Crippen LogP contribution in [0.25, 0.3) is 0 Å². The molecule has 0 aliphatic carbocycles. The monoisotopic (exact) mass is 579 g/mol. The minimum absolute atomic E-state index is 0.201. The smallest absolute Gasteiger partial charge is 0.261 e. The molecule has 44 heavy (non-hydrogen) atoms. The number of aryl methyl sites for hydroxylation is 2. The second-order valence-corrected chi connectivity index (χ2v) is 11.5. The number of rotatable bonds is 12. The van der Waals surface area contributed by atoms with Crippen molar-refractivity contribution in [2.45, 2.75) is 44.2 Å². The first-order valence-electron chi connectivity index (χ1n) is 15.4. The maximum atomic E-state index is 12.6. The van der Waals surface area contributed by atoms with Crippen LogP contribution in [0.3, 0.4) is 0 Å². The Morgan fingerprint density at radius 1 is 0.659 bits per heavy atom. The summed E-state index contributed by atoms with van der Waals surface area (Å²) in [4.78, 5) is 31.3. The van der Waals surface area contributed by atoms with E-state index in [1.54, 1.807) is 24.3 Å². The van der Waals surface area contributed by atoms with Crippen LogP contribution in [0.5, 0.6) is 0 Å². The van der Waals surface area contributed by atoms with Gasteiger partial charge in [0.1, 0.15) is 0 Å². The van der Waals surface area contributed by atoms with E-state index in [-0.39, 0.29) is 17.9 Å². The van der Waals surface area contributed by atoms with Crippen molar-refractivity contribution < 1.29 is 9.59 Å². The van der Waals surface area contributed by atoms with Crippen LogP contribution in [-0.2, 0) is 18.4 Å². The van der Waals surface area contributed by atoms with Gasteiger partial charge in [-0.15, -0.1) is 0 Å². The summed E-state index contributed by atoms with van der Waals surface area (Å²) in [5.74, 6) is -0.403. The maximum absolute atomic E-state index is 12.6. The van der Waals surface area contributed by atoms with Crippen LogP contribution in [0, 0.1) is 0 Å². The van der Waals surface area contributed by atoms with Gasteiger partial charge in [-0.05, 0) is 73.1 Å². The fourth-order valence-corrected chi connectivity index (χ4v) is 6.25. The lowest BCUT2D eigenvalue weighted by atomic mass is 9.76. The standard InChI is InChI=1S/C39H37N3O2/c1-29(41-39(31-14-5-2-6-15-31,32-16-7-3-8-17-32)33-18-9-4-10-19-33)23-24-30-25-26-34(40-28-30)20-13-27-42-37(43)35-21-11-12-22-36(35)38(42)44/h2-12,14-19,21-22,25-26,28-29,41H,13,20,23-24,27H2,1H3. The number of imide groups is 1. The quantitative estimate of drug-likeness (QED) is 0.125. The number of benzene rings is 4. The molecule has 1 atom stereocenters. The highest BCUT2D eigenvalue weighted by molar-refractivity contribution is 6.21. The van der Waals surface area contributed by atoms with Crippen LogP contribution in [0.2, 0.25) is 0 Å². The highest BCUT2D eigenvalue weighted by Gasteiger charge is 2.37. The normalized spacial score (nSPS) is 13.6. The molecule has 5 heteroatoms. The van der Waals surface area contributed by atoms with Crippen LogP contribution in [0.4, 0.5) is 0 Å². The number of amides is 2. The summed E-state index contributed by atoms with van der Waals surface area (Å²) < 4.78 is 0. The Hall–Kier alpha value is -4.87. The first kappa shape index (κ1) is 29.2. The number of carbonyl (C=O) groups is 2. The molecule has 5 aromatic rings. The molecule has 2 heterocycles. The SMILES string of the molecule is CC(CCc1ccc(CCCN2C(=O)c3ccccc3C2=O)nc1)NC(c1ccccc1)(c1ccccc1)c1ccccc1. The van der Waals surface area contributed by atoms with E-state index in [1.165, 1.54) is 27.2 Å². The number of nitrogens with zero attached hydrogens (tertiary/aromatic N) is 2. The van der Waals surface area contributed by atoms with E-state index < -0.39 is 5.54 Å². The number of fused-ring (bicyclic) bond motifs is 1. The van der Waals surface area contributed by atoms with Crippen molar-refractivity contribution in [2.75, 3.05) is 6.54 Å². The molecule has 0 saturated carbocycles. The van der Waals surface area contributed by atoms with E-state index in [0.29, 0.717) is 30.5 Å². The van der Waals surface area contributed by atoms with Gasteiger partial charge in [0.25, 0.3) is 11.8 Å². The Labute approximate surface area is 259 Å². The van der Waals surface area contributed by atoms with E-state index >= 15 is 0 Å². The molecule has 6 rings (SSSR count). The molecule has 1 unspecified atom stereocenters. The van der Waals surface area contributed by atoms with Crippen LogP contribution in [0.1, 0.15) is 68.4 Å². The van der Waals surface area contributed by atoms with Crippen LogP contribution < -0.4 is 5.32 Å². The molecule has 1 aliphatic heterocycles. The van der Waals surface area contributed by atoms with E-state index in [0.717, 1.165) is 18.5 Å². The van der Waals surface area contributed by atoms with Gasteiger partial charge < -0.3 is 0 Å². The molecular formula is C39H37N3O2. The minimum atomic E-state index is -0.495. The molecule has 5 nitrogen and oxygen atoms in total. The predicted molar refractivity (Wildman–Crippen MR) is 174 cm³/mol. The zero-order chi connectivity index (χ0) is 30.4. The van der Waals surface area contributed by atoms with Gasteiger partial charge in [0.15, 0.2) is 0 Å². The van der Waals surface area contributed by atoms with Crippen LogP contribution >= 0.6 is 0 Å². The largest absolute Gasteiger partial charge is 0.297 e. The molecule has 220 valence electrons. The van der Waals surface area contributed by atoms with E-state index in [2.05, 4.69) is 115 Å². The highest BCUT2D eigenvalue weighted by Crippen LogP contribution is 2.37. The lowest BCUT2D eigenvalue weighted by molar-refractivity contribution is 0.0652. The Kier molecular flexibility index (Phi) is 8.76. The van der Waals surface area contributed by atoms with Crippen LogP contribution in [-0.4, -0.2) is 34.3 Å². The molecule has 1 N–H and O–H groups in total. The number of carbonyl (C=O) groups excluding carboxylic acids is 2. The lowest BCUT2D eigenvalue weighted by Gasteiger charge is -2.39. The number of nitrogens with one attached hydrogen (secondary N) is 1. The van der Waals surface area contributed by atoms with Crippen LogP contribution in [0.15, 0.2) is 134 Å². The van der Waals surface area contributed by atoms with Gasteiger partial charge in [-0.3, -0.25) is 24.8 Å². The fourth-order valence-electron chi connectivity index (χ4n) is 6.25. The Morgan fingerprint density at radius 3 is 1.64 bits per heavy atom. The summed E-state index contributed by atoms with van der Waals surface area (Å²) >= 11 is 0. The van der Waals surface area contributed by atoms with Gasteiger partial charge in [0, 0.05) is 24.5 Å². The summed E-state index contributed by atoms with van der Waals surface area (Å²) in [5.41, 5.74) is 6.27. The molecular weight excluding hydrogens is 542 g/mol. The number of hydrogen-bond acceptors (Lipinski definition) is 4. The molecule has 4 aromatic carbocycles. The van der Waals surface area contributed by atoms with Crippen molar-refractivity contribution in [1.82, 2.24) is 15.2 Å². The summed E-state index contributed by atoms with van der Waals surface area (Å²) in [7, 11) is 0. The third-order valence-corrected chi connectivity index (χ3v) is 8.53. The zero-order valence-electron chi connectivity index (χ0n) is 25.0. The molecule has 0 fully saturated rings. The topological polar surface area (TPSA) is 62.3 Å². The van der Waals surface area contributed by atoms with Gasteiger partial charge >= 0.3 is 0 Å². The first-order chi connectivity index (χ1) is 21.6. The van der Waals surface area contributed by atoms with Gasteiger partial charge in [-0.2, -0.15) is 0 Å². The van der Waals surface area contributed by atoms with Gasteiger partial charge in [-0.1, -0.05) is 109 Å². The van der Waals surface area contributed by atoms with Crippen molar-refractivity contribution >= 4 is 11.8 Å². The summed E-state index contributed by atoms with van der Waals surface area (Å²) in [6, 6.07) is 43.5. The first-order valence-corrected chi connectivity index (χ1v) is 15.4. The third-order valence-electron chi connectivity index (χ3n) is 8.53. The third kappa shape index (κ3) is 5.97. The fraction of sp³-hybridized carbons (Fsp3) is 0.205.